The van der Waals surface area contributed by atoms with Gasteiger partial charge in [-0.15, -0.1) is 0 Å². The number of nitrogens with zero attached hydrogens (tertiary/aromatic N) is 1. The van der Waals surface area contributed by atoms with Gasteiger partial charge in [0, 0.05) is 13.1 Å². The summed E-state index contributed by atoms with van der Waals surface area (Å²) in [6, 6.07) is 16.1. The second-order valence-corrected chi connectivity index (χ2v) is 5.62. The van der Waals surface area contributed by atoms with E-state index in [-0.39, 0.29) is 12.5 Å². The lowest BCUT2D eigenvalue weighted by Gasteiger charge is -2.22. The molecular weight excluding hydrogens is 286 g/mol. The highest BCUT2D eigenvalue weighted by Gasteiger charge is 2.13. The summed E-state index contributed by atoms with van der Waals surface area (Å²) in [4.78, 5) is 14.2. The lowest BCUT2D eigenvalue weighted by molar-refractivity contribution is -0.133. The van der Waals surface area contributed by atoms with Crippen molar-refractivity contribution in [3.05, 3.63) is 65.2 Å². The molecule has 0 aliphatic heterocycles. The molecule has 0 unspecified atom stereocenters. The third-order valence-corrected chi connectivity index (χ3v) is 4.05. The van der Waals surface area contributed by atoms with Gasteiger partial charge in [0.2, 0.25) is 0 Å². The van der Waals surface area contributed by atoms with Crippen LogP contribution in [0.1, 0.15) is 30.5 Å². The Hall–Kier alpha value is -2.29. The van der Waals surface area contributed by atoms with Crippen molar-refractivity contribution >= 4 is 5.91 Å². The van der Waals surface area contributed by atoms with Crippen molar-refractivity contribution < 1.29 is 9.53 Å². The smallest absolute Gasteiger partial charge is 0.260 e. The van der Waals surface area contributed by atoms with E-state index in [4.69, 9.17) is 4.74 Å². The van der Waals surface area contributed by atoms with Crippen LogP contribution < -0.4 is 4.74 Å². The minimum Gasteiger partial charge on any atom is -0.484 e. The van der Waals surface area contributed by atoms with Crippen LogP contribution in [-0.4, -0.2) is 24.0 Å². The van der Waals surface area contributed by atoms with Crippen LogP contribution in [0.25, 0.3) is 0 Å². The molecular formula is C20H25NO2. The van der Waals surface area contributed by atoms with Crippen LogP contribution in [0.2, 0.25) is 0 Å². The lowest BCUT2D eigenvalue weighted by atomic mass is 10.1. The Morgan fingerprint density at radius 3 is 2.35 bits per heavy atom. The summed E-state index contributed by atoms with van der Waals surface area (Å²) in [7, 11) is 0. The highest BCUT2D eigenvalue weighted by atomic mass is 16.5. The van der Waals surface area contributed by atoms with Crippen molar-refractivity contribution in [2.75, 3.05) is 13.2 Å². The topological polar surface area (TPSA) is 29.5 Å². The molecule has 122 valence electrons. The highest BCUT2D eigenvalue weighted by Crippen LogP contribution is 2.14. The minimum atomic E-state index is 0.00956. The molecule has 1 amide bonds. The molecule has 0 heterocycles. The van der Waals surface area contributed by atoms with Crippen molar-refractivity contribution in [2.45, 2.75) is 33.7 Å². The number of ether oxygens (including phenoxy) is 1. The van der Waals surface area contributed by atoms with Crippen molar-refractivity contribution in [3.8, 4) is 5.75 Å². The molecule has 3 nitrogen and oxygen atoms in total. The van der Waals surface area contributed by atoms with Crippen molar-refractivity contribution in [3.63, 3.8) is 0 Å². The van der Waals surface area contributed by atoms with Gasteiger partial charge < -0.3 is 9.64 Å². The average Bonchev–Trinajstić information content (AvgIpc) is 2.59. The van der Waals surface area contributed by atoms with Crippen LogP contribution in [-0.2, 0) is 17.8 Å². The Kier molecular flexibility index (Phi) is 6.21. The van der Waals surface area contributed by atoms with E-state index in [2.05, 4.69) is 26.0 Å². The molecule has 2 rings (SSSR count). The molecule has 0 N–H and O–H groups in total. The van der Waals surface area contributed by atoms with E-state index < -0.39 is 0 Å². The quantitative estimate of drug-likeness (QED) is 0.774. The first-order valence-electron chi connectivity index (χ1n) is 8.18. The molecule has 0 fully saturated rings. The molecule has 3 heteroatoms. The summed E-state index contributed by atoms with van der Waals surface area (Å²) in [6.07, 6.45) is 0.999. The van der Waals surface area contributed by atoms with Crippen LogP contribution in [0.4, 0.5) is 0 Å². The monoisotopic (exact) mass is 311 g/mol. The van der Waals surface area contributed by atoms with Gasteiger partial charge in [-0.05, 0) is 49.1 Å². The number of hydrogen-bond donors (Lipinski definition) is 0. The molecule has 0 saturated heterocycles. The number of rotatable bonds is 7. The normalized spacial score (nSPS) is 10.4. The van der Waals surface area contributed by atoms with Gasteiger partial charge in [-0.25, -0.2) is 0 Å². The van der Waals surface area contributed by atoms with Crippen LogP contribution in [0.3, 0.4) is 0 Å². The number of likely N-dealkylation sites (N-methyl/N-ethyl adjacent to an activating group) is 1. The van der Waals surface area contributed by atoms with E-state index in [0.29, 0.717) is 13.1 Å². The summed E-state index contributed by atoms with van der Waals surface area (Å²) < 4.78 is 5.63. The molecule has 0 aromatic heterocycles. The van der Waals surface area contributed by atoms with Crippen LogP contribution in [0, 0.1) is 6.92 Å². The maximum absolute atomic E-state index is 12.4. The van der Waals surface area contributed by atoms with E-state index in [1.807, 2.05) is 48.2 Å². The minimum absolute atomic E-state index is 0.00956. The maximum Gasteiger partial charge on any atom is 0.260 e. The molecule has 0 saturated carbocycles. The number of aryl methyl sites for hydroxylation is 2. The average molecular weight is 311 g/mol. The molecule has 0 spiro atoms. The van der Waals surface area contributed by atoms with Crippen molar-refractivity contribution in [2.24, 2.45) is 0 Å². The van der Waals surface area contributed by atoms with E-state index in [0.717, 1.165) is 12.2 Å². The summed E-state index contributed by atoms with van der Waals surface area (Å²) in [5, 5.41) is 0. The third kappa shape index (κ3) is 4.85. The zero-order valence-corrected chi connectivity index (χ0v) is 14.2. The fourth-order valence-corrected chi connectivity index (χ4v) is 2.43. The van der Waals surface area contributed by atoms with Gasteiger partial charge in [-0.3, -0.25) is 4.79 Å². The molecule has 0 atom stereocenters. The van der Waals surface area contributed by atoms with Crippen LogP contribution in [0.5, 0.6) is 5.75 Å². The van der Waals surface area contributed by atoms with Gasteiger partial charge in [0.05, 0.1) is 0 Å². The highest BCUT2D eigenvalue weighted by molar-refractivity contribution is 5.77. The van der Waals surface area contributed by atoms with Crippen LogP contribution >= 0.6 is 0 Å². The first kappa shape index (κ1) is 17.1. The van der Waals surface area contributed by atoms with E-state index in [9.17, 15) is 4.79 Å². The Labute approximate surface area is 138 Å². The van der Waals surface area contributed by atoms with E-state index in [1.54, 1.807) is 0 Å². The van der Waals surface area contributed by atoms with Gasteiger partial charge in [0.25, 0.3) is 5.91 Å². The molecule has 23 heavy (non-hydrogen) atoms. The third-order valence-electron chi connectivity index (χ3n) is 4.05. The Morgan fingerprint density at radius 1 is 1.04 bits per heavy atom. The van der Waals surface area contributed by atoms with E-state index in [1.165, 1.54) is 16.7 Å². The predicted molar refractivity (Wildman–Crippen MR) is 93.6 cm³/mol. The fourth-order valence-electron chi connectivity index (χ4n) is 2.43. The first-order valence-corrected chi connectivity index (χ1v) is 8.18. The van der Waals surface area contributed by atoms with Gasteiger partial charge in [0.15, 0.2) is 6.61 Å². The van der Waals surface area contributed by atoms with E-state index >= 15 is 0 Å². The summed E-state index contributed by atoms with van der Waals surface area (Å²) in [5.74, 6) is 0.748. The predicted octanol–water partition coefficient (Wildman–Crippen LogP) is 3.98. The Bertz CT molecular complexity index is 634. The standard InChI is InChI=1S/C20H25NO2/c1-4-17-10-12-19(13-11-17)23-15-20(22)21(5-2)14-18-9-7-6-8-16(18)3/h6-13H,4-5,14-15H2,1-3H3. The van der Waals surface area contributed by atoms with Gasteiger partial charge in [-0.2, -0.15) is 0 Å². The number of hydrogen-bond acceptors (Lipinski definition) is 2. The largest absolute Gasteiger partial charge is 0.484 e. The van der Waals surface area contributed by atoms with Gasteiger partial charge in [-0.1, -0.05) is 43.3 Å². The van der Waals surface area contributed by atoms with Crippen molar-refractivity contribution in [1.29, 1.82) is 0 Å². The number of benzene rings is 2. The molecule has 0 aliphatic carbocycles. The second kappa shape index (κ2) is 8.37. The summed E-state index contributed by atoms with van der Waals surface area (Å²) >= 11 is 0. The SMILES string of the molecule is CCc1ccc(OCC(=O)N(CC)Cc2ccccc2C)cc1. The van der Waals surface area contributed by atoms with Gasteiger partial charge >= 0.3 is 0 Å². The maximum atomic E-state index is 12.4. The fraction of sp³-hybridized carbons (Fsp3) is 0.350. The molecule has 0 bridgehead atoms. The Balaban J connectivity index is 1.93. The lowest BCUT2D eigenvalue weighted by Crippen LogP contribution is -2.34. The molecule has 2 aromatic carbocycles. The molecule has 0 aliphatic rings. The zero-order chi connectivity index (χ0) is 16.7. The van der Waals surface area contributed by atoms with Crippen LogP contribution in [0.15, 0.2) is 48.5 Å². The first-order chi connectivity index (χ1) is 11.1. The number of carbonyl (C=O) groups is 1. The summed E-state index contributed by atoms with van der Waals surface area (Å²) in [6.45, 7) is 7.55. The Morgan fingerprint density at radius 2 is 1.74 bits per heavy atom. The number of carbonyl (C=O) groups excluding carboxylic acids is 1. The zero-order valence-electron chi connectivity index (χ0n) is 14.2. The van der Waals surface area contributed by atoms with Crippen molar-refractivity contribution in [1.82, 2.24) is 4.90 Å². The molecule has 2 aromatic rings. The van der Waals surface area contributed by atoms with Gasteiger partial charge in [0.1, 0.15) is 5.75 Å². The number of amides is 1. The summed E-state index contributed by atoms with van der Waals surface area (Å²) in [5.41, 5.74) is 3.64. The second-order valence-electron chi connectivity index (χ2n) is 5.62. The molecule has 0 radical (unpaired) electrons.